The largest absolute Gasteiger partial charge is 0.348 e. The molecule has 1 N–H and O–H groups in total. The van der Waals surface area contributed by atoms with E-state index in [2.05, 4.69) is 31.0 Å². The van der Waals surface area contributed by atoms with Crippen LogP contribution in [0.5, 0.6) is 0 Å². The van der Waals surface area contributed by atoms with Crippen LogP contribution in [0.3, 0.4) is 0 Å². The van der Waals surface area contributed by atoms with Gasteiger partial charge in [0.25, 0.3) is 0 Å². The summed E-state index contributed by atoms with van der Waals surface area (Å²) in [6.07, 6.45) is 2.64. The van der Waals surface area contributed by atoms with E-state index in [0.717, 1.165) is 13.1 Å². The van der Waals surface area contributed by atoms with E-state index in [1.807, 2.05) is 11.3 Å². The molecule has 0 saturated carbocycles. The normalized spacial score (nSPS) is 16.1. The van der Waals surface area contributed by atoms with E-state index < -0.39 is 0 Å². The highest BCUT2D eigenvalue weighted by Gasteiger charge is 2.20. The Kier molecular flexibility index (Phi) is 4.40. The molecule has 17 heavy (non-hydrogen) atoms. The smallest absolute Gasteiger partial charge is 0.185 e. The maximum absolute atomic E-state index is 4.85. The van der Waals surface area contributed by atoms with Crippen molar-refractivity contribution in [2.24, 2.45) is 0 Å². The van der Waals surface area contributed by atoms with Crippen LogP contribution in [0.1, 0.15) is 50.1 Å². The van der Waals surface area contributed by atoms with Crippen LogP contribution in [0.4, 0.5) is 5.13 Å². The highest BCUT2D eigenvalue weighted by molar-refractivity contribution is 7.15. The Labute approximate surface area is 108 Å². The van der Waals surface area contributed by atoms with Gasteiger partial charge in [0.05, 0.1) is 5.69 Å². The third-order valence-electron chi connectivity index (χ3n) is 3.18. The second-order valence-electron chi connectivity index (χ2n) is 4.93. The van der Waals surface area contributed by atoms with E-state index >= 15 is 0 Å². The Bertz CT molecular complexity index is 354. The Morgan fingerprint density at radius 3 is 2.65 bits per heavy atom. The van der Waals surface area contributed by atoms with Gasteiger partial charge in [-0.05, 0) is 25.3 Å². The summed E-state index contributed by atoms with van der Waals surface area (Å²) in [4.78, 5) is 8.71. The fourth-order valence-electron chi connectivity index (χ4n) is 2.21. The molecule has 2 rings (SSSR count). The number of hydrogen-bond donors (Lipinski definition) is 1. The molecule has 0 aromatic carbocycles. The van der Waals surface area contributed by atoms with Crippen molar-refractivity contribution in [1.29, 1.82) is 0 Å². The first-order chi connectivity index (χ1) is 8.22. The van der Waals surface area contributed by atoms with Gasteiger partial charge < -0.3 is 10.2 Å². The summed E-state index contributed by atoms with van der Waals surface area (Å²) in [6.45, 7) is 11.0. The van der Waals surface area contributed by atoms with E-state index in [4.69, 9.17) is 4.98 Å². The van der Waals surface area contributed by atoms with Gasteiger partial charge in [0, 0.05) is 24.5 Å². The molecule has 1 aliphatic rings. The molecule has 2 heterocycles. The predicted octanol–water partition coefficient (Wildman–Crippen LogP) is 2.98. The zero-order chi connectivity index (χ0) is 12.3. The van der Waals surface area contributed by atoms with Crippen molar-refractivity contribution >= 4 is 16.5 Å². The van der Waals surface area contributed by atoms with Crippen LogP contribution in [0, 0.1) is 0 Å². The molecule has 0 radical (unpaired) electrons. The number of aromatic nitrogens is 1. The fraction of sp³-hybridized carbons (Fsp3) is 0.769. The molecule has 0 bridgehead atoms. The summed E-state index contributed by atoms with van der Waals surface area (Å²) in [5.41, 5.74) is 1.29. The minimum absolute atomic E-state index is 0.524. The number of anilines is 1. The lowest BCUT2D eigenvalue weighted by atomic mass is 10.1. The molecule has 0 aliphatic carbocycles. The summed E-state index contributed by atoms with van der Waals surface area (Å²) in [6, 6.07) is 0. The van der Waals surface area contributed by atoms with Crippen molar-refractivity contribution in [2.45, 2.75) is 46.1 Å². The summed E-state index contributed by atoms with van der Waals surface area (Å²) in [5.74, 6) is 0.524. The van der Waals surface area contributed by atoms with Gasteiger partial charge in [-0.25, -0.2) is 4.98 Å². The Balaban J connectivity index is 2.17. The molecule has 96 valence electrons. The molecule has 3 nitrogen and oxygen atoms in total. The average molecular weight is 253 g/mol. The van der Waals surface area contributed by atoms with E-state index in [1.165, 1.54) is 41.6 Å². The van der Waals surface area contributed by atoms with Crippen LogP contribution in [0.15, 0.2) is 0 Å². The van der Waals surface area contributed by atoms with Gasteiger partial charge in [0.1, 0.15) is 0 Å². The number of thiazole rings is 1. The maximum Gasteiger partial charge on any atom is 0.185 e. The minimum atomic E-state index is 0.524. The monoisotopic (exact) mass is 253 g/mol. The van der Waals surface area contributed by atoms with Gasteiger partial charge in [0.2, 0.25) is 0 Å². The van der Waals surface area contributed by atoms with Gasteiger partial charge in [-0.3, -0.25) is 0 Å². The molecule has 1 saturated heterocycles. The number of rotatable bonds is 5. The Morgan fingerprint density at radius 1 is 1.35 bits per heavy atom. The van der Waals surface area contributed by atoms with Crippen LogP contribution >= 0.6 is 11.3 Å². The second-order valence-corrected chi connectivity index (χ2v) is 6.00. The highest BCUT2D eigenvalue weighted by atomic mass is 32.1. The SMILES string of the molecule is CCNCc1sc(N2CCCC2)nc1C(C)C. The molecule has 0 unspecified atom stereocenters. The molecule has 0 spiro atoms. The van der Waals surface area contributed by atoms with Crippen LogP contribution in [-0.4, -0.2) is 24.6 Å². The van der Waals surface area contributed by atoms with Crippen molar-refractivity contribution in [3.63, 3.8) is 0 Å². The van der Waals surface area contributed by atoms with E-state index in [-0.39, 0.29) is 0 Å². The summed E-state index contributed by atoms with van der Waals surface area (Å²) < 4.78 is 0. The summed E-state index contributed by atoms with van der Waals surface area (Å²) in [7, 11) is 0. The number of nitrogens with one attached hydrogen (secondary N) is 1. The first kappa shape index (κ1) is 12.8. The van der Waals surface area contributed by atoms with Gasteiger partial charge in [-0.2, -0.15) is 0 Å². The highest BCUT2D eigenvalue weighted by Crippen LogP contribution is 2.32. The molecule has 0 amide bonds. The topological polar surface area (TPSA) is 28.2 Å². The van der Waals surface area contributed by atoms with Crippen LogP contribution in [-0.2, 0) is 6.54 Å². The molecule has 1 aromatic heterocycles. The first-order valence-electron chi connectivity index (χ1n) is 6.67. The molecular formula is C13H23N3S. The zero-order valence-electron chi connectivity index (χ0n) is 11.1. The van der Waals surface area contributed by atoms with Crippen LogP contribution < -0.4 is 10.2 Å². The fourth-order valence-corrected chi connectivity index (χ4v) is 3.45. The van der Waals surface area contributed by atoms with Crippen molar-refractivity contribution < 1.29 is 0 Å². The predicted molar refractivity (Wildman–Crippen MR) is 75.0 cm³/mol. The lowest BCUT2D eigenvalue weighted by molar-refractivity contribution is 0.713. The van der Waals surface area contributed by atoms with Crippen molar-refractivity contribution in [1.82, 2.24) is 10.3 Å². The Morgan fingerprint density at radius 2 is 2.06 bits per heavy atom. The van der Waals surface area contributed by atoms with Crippen LogP contribution in [0.2, 0.25) is 0 Å². The van der Waals surface area contributed by atoms with Crippen LogP contribution in [0.25, 0.3) is 0 Å². The lowest BCUT2D eigenvalue weighted by Gasteiger charge is -2.12. The minimum Gasteiger partial charge on any atom is -0.348 e. The summed E-state index contributed by atoms with van der Waals surface area (Å²) in [5, 5.41) is 4.65. The van der Waals surface area contributed by atoms with Gasteiger partial charge >= 0.3 is 0 Å². The standard InChI is InChI=1S/C13H23N3S/c1-4-14-9-11-12(10(2)3)15-13(17-11)16-7-5-6-8-16/h10,14H,4-9H2,1-3H3. The summed E-state index contributed by atoms with van der Waals surface area (Å²) >= 11 is 1.88. The van der Waals surface area contributed by atoms with Gasteiger partial charge in [-0.15, -0.1) is 11.3 Å². The molecule has 0 atom stereocenters. The third kappa shape index (κ3) is 2.99. The first-order valence-corrected chi connectivity index (χ1v) is 7.49. The molecule has 1 aliphatic heterocycles. The number of hydrogen-bond acceptors (Lipinski definition) is 4. The lowest BCUT2D eigenvalue weighted by Crippen LogP contribution is -2.17. The van der Waals surface area contributed by atoms with Crippen molar-refractivity contribution in [3.8, 4) is 0 Å². The van der Waals surface area contributed by atoms with E-state index in [0.29, 0.717) is 5.92 Å². The third-order valence-corrected chi connectivity index (χ3v) is 4.31. The second kappa shape index (κ2) is 5.83. The maximum atomic E-state index is 4.85. The Hall–Kier alpha value is -0.610. The van der Waals surface area contributed by atoms with Crippen molar-refractivity contribution in [3.05, 3.63) is 10.6 Å². The van der Waals surface area contributed by atoms with E-state index in [9.17, 15) is 0 Å². The molecule has 1 fully saturated rings. The van der Waals surface area contributed by atoms with Gasteiger partial charge in [0.15, 0.2) is 5.13 Å². The quantitative estimate of drug-likeness (QED) is 0.874. The number of nitrogens with zero attached hydrogens (tertiary/aromatic N) is 2. The molecule has 4 heteroatoms. The molecule has 1 aromatic rings. The molecular weight excluding hydrogens is 230 g/mol. The van der Waals surface area contributed by atoms with Crippen molar-refractivity contribution in [2.75, 3.05) is 24.5 Å². The van der Waals surface area contributed by atoms with Gasteiger partial charge in [-0.1, -0.05) is 20.8 Å². The average Bonchev–Trinajstić information content (AvgIpc) is 2.94. The zero-order valence-corrected chi connectivity index (χ0v) is 11.9. The van der Waals surface area contributed by atoms with E-state index in [1.54, 1.807) is 0 Å².